The molecular formula is C27H31N3O6. The molecule has 4 aliphatic carbocycles. The summed E-state index contributed by atoms with van der Waals surface area (Å²) in [6.07, 6.45) is 4.66. The largest absolute Gasteiger partial charge is 0.595 e. The van der Waals surface area contributed by atoms with Gasteiger partial charge in [0.2, 0.25) is 5.91 Å². The summed E-state index contributed by atoms with van der Waals surface area (Å²) < 4.78 is 11.4. The van der Waals surface area contributed by atoms with Crippen LogP contribution in [0, 0.1) is 17.0 Å². The fourth-order valence-corrected chi connectivity index (χ4v) is 7.35. The molecule has 1 aliphatic heterocycles. The molecule has 1 heterocycles. The van der Waals surface area contributed by atoms with Crippen molar-refractivity contribution in [2.75, 3.05) is 6.54 Å². The molecule has 2 aromatic carbocycles. The van der Waals surface area contributed by atoms with E-state index in [0.717, 1.165) is 32.1 Å². The molecule has 9 nitrogen and oxygen atoms in total. The maximum Gasteiger partial charge on any atom is 0.514 e. The van der Waals surface area contributed by atoms with E-state index >= 15 is 0 Å². The van der Waals surface area contributed by atoms with Gasteiger partial charge in [0.25, 0.3) is 0 Å². The number of nitrogens with one attached hydrogen (secondary N) is 2. The van der Waals surface area contributed by atoms with Gasteiger partial charge in [-0.15, -0.1) is 0 Å². The van der Waals surface area contributed by atoms with Crippen LogP contribution in [0.3, 0.4) is 0 Å². The molecule has 5 aliphatic rings. The molecule has 36 heavy (non-hydrogen) atoms. The van der Waals surface area contributed by atoms with Crippen LogP contribution in [0.2, 0.25) is 0 Å². The second-order valence-electron chi connectivity index (χ2n) is 11.1. The highest BCUT2D eigenvalue weighted by Gasteiger charge is 2.59. The second kappa shape index (κ2) is 8.85. The zero-order valence-corrected chi connectivity index (χ0v) is 20.1. The summed E-state index contributed by atoms with van der Waals surface area (Å²) in [4.78, 5) is 27.7. The van der Waals surface area contributed by atoms with Gasteiger partial charge in [-0.2, -0.15) is 5.23 Å². The molecule has 0 saturated heterocycles. The van der Waals surface area contributed by atoms with Crippen LogP contribution in [-0.2, 0) is 22.6 Å². The van der Waals surface area contributed by atoms with E-state index in [2.05, 4.69) is 17.4 Å². The summed E-state index contributed by atoms with van der Waals surface area (Å²) >= 11 is 0. The van der Waals surface area contributed by atoms with Crippen molar-refractivity contribution >= 4 is 17.7 Å². The Kier molecular flexibility index (Phi) is 5.75. The molecule has 3 atom stereocenters. The number of quaternary nitrogens is 1. The molecule has 9 heteroatoms. The van der Waals surface area contributed by atoms with Gasteiger partial charge in [-0.3, -0.25) is 4.79 Å². The molecule has 2 aromatic rings. The lowest BCUT2D eigenvalue weighted by atomic mass is 9.51. The number of carbonyl (C=O) groups is 2. The number of rotatable bonds is 6. The normalized spacial score (nSPS) is 30.7. The summed E-state index contributed by atoms with van der Waals surface area (Å²) in [5.41, 5.74) is 1.74. The molecule has 3 N–H and O–H groups in total. The first-order chi connectivity index (χ1) is 17.3. The van der Waals surface area contributed by atoms with Gasteiger partial charge in [-0.1, -0.05) is 24.3 Å². The Bertz CT molecular complexity index is 1130. The third-order valence-corrected chi connectivity index (χ3v) is 8.42. The summed E-state index contributed by atoms with van der Waals surface area (Å²) in [7, 11) is 0. The van der Waals surface area contributed by atoms with Gasteiger partial charge < -0.3 is 24.9 Å². The van der Waals surface area contributed by atoms with Crippen LogP contribution in [-0.4, -0.2) is 39.9 Å². The fraction of sp³-hybridized carbons (Fsp3) is 0.481. The zero-order chi connectivity index (χ0) is 24.9. The van der Waals surface area contributed by atoms with E-state index in [1.165, 1.54) is 35.4 Å². The molecule has 7 rings (SSSR count). The van der Waals surface area contributed by atoms with E-state index in [-0.39, 0.29) is 29.4 Å². The highest BCUT2D eigenvalue weighted by molar-refractivity contribution is 5.79. The van der Waals surface area contributed by atoms with Crippen molar-refractivity contribution in [2.24, 2.45) is 11.8 Å². The van der Waals surface area contributed by atoms with Gasteiger partial charge in [-0.25, -0.2) is 10.0 Å². The van der Waals surface area contributed by atoms with Crippen LogP contribution in [0.4, 0.5) is 10.5 Å². The average Bonchev–Trinajstić information content (AvgIpc) is 3.26. The van der Waals surface area contributed by atoms with Crippen molar-refractivity contribution in [1.29, 1.82) is 0 Å². The minimum absolute atomic E-state index is 0.0983. The fourth-order valence-electron chi connectivity index (χ4n) is 7.35. The van der Waals surface area contributed by atoms with Crippen molar-refractivity contribution in [2.45, 2.75) is 62.8 Å². The predicted molar refractivity (Wildman–Crippen MR) is 128 cm³/mol. The van der Waals surface area contributed by atoms with E-state index in [4.69, 9.17) is 14.7 Å². The summed E-state index contributed by atoms with van der Waals surface area (Å²) in [6.45, 7) is 1.59. The Balaban J connectivity index is 1.09. The maximum absolute atomic E-state index is 13.1. The van der Waals surface area contributed by atoms with Crippen molar-refractivity contribution in [1.82, 2.24) is 10.2 Å². The smallest absolute Gasteiger partial charge is 0.514 e. The number of amides is 1. The van der Waals surface area contributed by atoms with Gasteiger partial charge in [0.15, 0.2) is 5.69 Å². The van der Waals surface area contributed by atoms with E-state index in [9.17, 15) is 14.8 Å². The highest BCUT2D eigenvalue weighted by Crippen LogP contribution is 2.59. The Morgan fingerprint density at radius 1 is 1.03 bits per heavy atom. The third kappa shape index (κ3) is 4.48. The van der Waals surface area contributed by atoms with Gasteiger partial charge in [0.05, 0.1) is 6.54 Å². The van der Waals surface area contributed by atoms with Crippen LogP contribution < -0.4 is 15.3 Å². The molecular weight excluding hydrogens is 462 g/mol. The Hall–Kier alpha value is -2.98. The van der Waals surface area contributed by atoms with Crippen LogP contribution >= 0.6 is 0 Å². The van der Waals surface area contributed by atoms with E-state index in [1.807, 2.05) is 17.0 Å². The number of hydrogen-bond donors (Lipinski definition) is 3. The first kappa shape index (κ1) is 23.4. The summed E-state index contributed by atoms with van der Waals surface area (Å²) in [6, 6.07) is 13.9. The average molecular weight is 494 g/mol. The Labute approximate surface area is 209 Å². The first-order valence-corrected chi connectivity index (χ1v) is 12.6. The SMILES string of the molecule is O=C(Oc1ccc([NH+]([O-])O)cc1)OC12CC3CC(CC(NCC(=O)N4Cc5ccccc5C4)(C3)C1)C2. The third-order valence-electron chi connectivity index (χ3n) is 8.42. The Morgan fingerprint density at radius 3 is 2.28 bits per heavy atom. The number of ether oxygens (including phenoxy) is 2. The van der Waals surface area contributed by atoms with Gasteiger partial charge in [0, 0.05) is 37.2 Å². The molecule has 1 amide bonds. The minimum Gasteiger partial charge on any atom is -0.595 e. The van der Waals surface area contributed by atoms with Crippen molar-refractivity contribution in [3.05, 3.63) is 64.9 Å². The quantitative estimate of drug-likeness (QED) is 0.322. The van der Waals surface area contributed by atoms with Gasteiger partial charge in [0.1, 0.15) is 11.4 Å². The van der Waals surface area contributed by atoms with Crippen molar-refractivity contribution in [3.8, 4) is 5.75 Å². The highest BCUT2D eigenvalue weighted by atomic mass is 16.8. The van der Waals surface area contributed by atoms with E-state index in [0.29, 0.717) is 31.3 Å². The Morgan fingerprint density at radius 2 is 1.67 bits per heavy atom. The molecule has 3 unspecified atom stereocenters. The predicted octanol–water partition coefficient (Wildman–Crippen LogP) is 2.83. The maximum atomic E-state index is 13.1. The molecule has 190 valence electrons. The topological polar surface area (TPSA) is 116 Å². The van der Waals surface area contributed by atoms with Crippen LogP contribution in [0.5, 0.6) is 5.75 Å². The number of hydrogen-bond acceptors (Lipinski definition) is 7. The van der Waals surface area contributed by atoms with E-state index in [1.54, 1.807) is 0 Å². The van der Waals surface area contributed by atoms with Gasteiger partial charge >= 0.3 is 6.16 Å². The lowest BCUT2D eigenvalue weighted by molar-refractivity contribution is -0.991. The number of benzene rings is 2. The minimum atomic E-state index is -1.04. The standard InChI is InChI=1S/C27H31N3O6/c31-24(29-15-20-3-1-2-4-21(20)16-29)14-28-26-10-18-9-19(11-26)13-27(12-18,17-26)36-25(32)35-23-7-5-22(6-8-23)30(33)34/h1-8,18-19,28,30,33H,9-17H2. The molecule has 4 bridgehead atoms. The van der Waals surface area contributed by atoms with Crippen LogP contribution in [0.15, 0.2) is 48.5 Å². The first-order valence-electron chi connectivity index (χ1n) is 12.6. The van der Waals surface area contributed by atoms with Crippen molar-refractivity contribution < 1.29 is 29.5 Å². The molecule has 0 radical (unpaired) electrons. The lowest BCUT2D eigenvalue weighted by Gasteiger charge is -2.61. The lowest BCUT2D eigenvalue weighted by Crippen LogP contribution is -2.99. The number of nitrogens with zero attached hydrogens (tertiary/aromatic N) is 1. The second-order valence-corrected chi connectivity index (χ2v) is 11.1. The number of fused-ring (bicyclic) bond motifs is 1. The molecule has 0 spiro atoms. The molecule has 4 saturated carbocycles. The summed E-state index contributed by atoms with van der Waals surface area (Å²) in [5.74, 6) is 1.25. The monoisotopic (exact) mass is 493 g/mol. The van der Waals surface area contributed by atoms with Crippen LogP contribution in [0.1, 0.15) is 49.7 Å². The van der Waals surface area contributed by atoms with E-state index < -0.39 is 17.0 Å². The zero-order valence-electron chi connectivity index (χ0n) is 20.1. The summed E-state index contributed by atoms with van der Waals surface area (Å²) in [5, 5.41) is 22.7. The number of carbonyl (C=O) groups excluding carboxylic acids is 2. The van der Waals surface area contributed by atoms with Crippen molar-refractivity contribution in [3.63, 3.8) is 0 Å². The van der Waals surface area contributed by atoms with Gasteiger partial charge in [-0.05, 0) is 67.2 Å². The van der Waals surface area contributed by atoms with Crippen LogP contribution in [0.25, 0.3) is 0 Å². The molecule has 0 aromatic heterocycles. The molecule has 4 fully saturated rings.